The summed E-state index contributed by atoms with van der Waals surface area (Å²) >= 11 is 0. The van der Waals surface area contributed by atoms with Crippen molar-refractivity contribution >= 4 is 23.7 Å². The van der Waals surface area contributed by atoms with Crippen LogP contribution in [0.4, 0.5) is 0 Å². The summed E-state index contributed by atoms with van der Waals surface area (Å²) in [4.78, 5) is 48.9. The minimum Gasteiger partial charge on any atom is -0.469 e. The molecule has 0 unspecified atom stereocenters. The molecule has 0 radical (unpaired) electrons. The molecular formula is C29H44O7. The second kappa shape index (κ2) is 10.1. The summed E-state index contributed by atoms with van der Waals surface area (Å²) in [6.07, 6.45) is 6.09. The van der Waals surface area contributed by atoms with Gasteiger partial charge in [0.15, 0.2) is 0 Å². The maximum absolute atomic E-state index is 12.4. The molecule has 7 nitrogen and oxygen atoms in total. The van der Waals surface area contributed by atoms with Crippen molar-refractivity contribution in [1.82, 2.24) is 0 Å². The number of carbonyl (C=O) groups excluding carboxylic acids is 4. The zero-order chi connectivity index (χ0) is 26.4. The highest BCUT2D eigenvalue weighted by Gasteiger charge is 2.67. The Hall–Kier alpha value is -1.92. The Balaban J connectivity index is 1.72. The summed E-state index contributed by atoms with van der Waals surface area (Å²) in [5.41, 5.74) is -0.308. The first-order valence-corrected chi connectivity index (χ1v) is 13.8. The monoisotopic (exact) mass is 504 g/mol. The van der Waals surface area contributed by atoms with Crippen molar-refractivity contribution < 1.29 is 33.4 Å². The molecule has 36 heavy (non-hydrogen) atoms. The van der Waals surface area contributed by atoms with E-state index in [-0.39, 0.29) is 76.5 Å². The summed E-state index contributed by atoms with van der Waals surface area (Å²) in [5.74, 6) is 0.944. The fourth-order valence-electron chi connectivity index (χ4n) is 9.25. The molecule has 0 aromatic carbocycles. The van der Waals surface area contributed by atoms with Gasteiger partial charge >= 0.3 is 17.9 Å². The second-order valence-corrected chi connectivity index (χ2v) is 12.6. The Kier molecular flexibility index (Phi) is 7.60. The molecule has 7 heteroatoms. The molecule has 0 aromatic heterocycles. The van der Waals surface area contributed by atoms with Gasteiger partial charge in [-0.3, -0.25) is 19.2 Å². The first-order chi connectivity index (χ1) is 16.9. The van der Waals surface area contributed by atoms with Crippen LogP contribution >= 0.6 is 0 Å². The van der Waals surface area contributed by atoms with Gasteiger partial charge in [-0.15, -0.1) is 0 Å². The molecule has 0 amide bonds. The highest BCUT2D eigenvalue weighted by molar-refractivity contribution is 5.79. The van der Waals surface area contributed by atoms with E-state index in [4.69, 9.17) is 14.2 Å². The lowest BCUT2D eigenvalue weighted by Crippen LogP contribution is -2.63. The van der Waals surface area contributed by atoms with Gasteiger partial charge in [0.1, 0.15) is 18.0 Å². The van der Waals surface area contributed by atoms with Crippen LogP contribution < -0.4 is 0 Å². The molecule has 0 bridgehead atoms. The minimum absolute atomic E-state index is 0.0382. The first kappa shape index (κ1) is 27.1. The van der Waals surface area contributed by atoms with E-state index in [0.29, 0.717) is 25.0 Å². The molecule has 4 aliphatic rings. The maximum Gasteiger partial charge on any atom is 0.305 e. The molecule has 4 fully saturated rings. The lowest BCUT2D eigenvalue weighted by atomic mass is 9.43. The van der Waals surface area contributed by atoms with Gasteiger partial charge in [0.05, 0.1) is 7.11 Å². The summed E-state index contributed by atoms with van der Waals surface area (Å²) < 4.78 is 17.0. The van der Waals surface area contributed by atoms with Crippen molar-refractivity contribution in [1.29, 1.82) is 0 Å². The SMILES string of the molecule is COC(=O)CC[C@H](C)[C@@H]1CC[C@@H]2[C@H]3[C@H](OC(C)=O)C[C@H]4CC(=O)CC[C@@]4(C)[C@H]3C[C@H](OC(C)=O)[C@@]21C. The van der Waals surface area contributed by atoms with Crippen LogP contribution in [0.5, 0.6) is 0 Å². The summed E-state index contributed by atoms with van der Waals surface area (Å²) in [6, 6.07) is 0. The van der Waals surface area contributed by atoms with Gasteiger partial charge < -0.3 is 14.2 Å². The van der Waals surface area contributed by atoms with Gasteiger partial charge in [-0.2, -0.15) is 0 Å². The number of ether oxygens (including phenoxy) is 3. The number of hydrogen-bond acceptors (Lipinski definition) is 7. The smallest absolute Gasteiger partial charge is 0.305 e. The summed E-state index contributed by atoms with van der Waals surface area (Å²) in [6.45, 7) is 9.76. The second-order valence-electron chi connectivity index (χ2n) is 12.6. The standard InChI is InChI=1S/C29H44O7/c1-16(7-10-26(33)34-6)21-8-9-22-27-23(15-25(29(21,22)5)36-18(3)31)28(4)12-11-20(32)13-19(28)14-24(27)35-17(2)30/h16,19,21-25,27H,7-15H2,1-6H3/t16-,19+,21-,22+,23-,24+,25-,27+,28+,29+/m0/s1. The topological polar surface area (TPSA) is 96.0 Å². The molecule has 202 valence electrons. The zero-order valence-electron chi connectivity index (χ0n) is 22.8. The molecule has 4 rings (SSSR count). The van der Waals surface area contributed by atoms with Crippen molar-refractivity contribution in [2.45, 2.75) is 105 Å². The normalized spacial score (nSPS) is 42.4. The van der Waals surface area contributed by atoms with Gasteiger partial charge in [0.25, 0.3) is 0 Å². The fraction of sp³-hybridized carbons (Fsp3) is 0.862. The van der Waals surface area contributed by atoms with E-state index in [1.54, 1.807) is 0 Å². The number of carbonyl (C=O) groups is 4. The summed E-state index contributed by atoms with van der Waals surface area (Å²) in [5, 5.41) is 0. The van der Waals surface area contributed by atoms with Crippen LogP contribution in [-0.4, -0.2) is 43.0 Å². The van der Waals surface area contributed by atoms with E-state index in [9.17, 15) is 19.2 Å². The van der Waals surface area contributed by atoms with Crippen molar-refractivity contribution in [3.63, 3.8) is 0 Å². The maximum atomic E-state index is 12.4. The number of rotatable bonds is 6. The van der Waals surface area contributed by atoms with E-state index >= 15 is 0 Å². The zero-order valence-corrected chi connectivity index (χ0v) is 22.8. The van der Waals surface area contributed by atoms with Gasteiger partial charge in [0, 0.05) is 44.4 Å². The van der Waals surface area contributed by atoms with E-state index in [2.05, 4.69) is 20.8 Å². The van der Waals surface area contributed by atoms with Crippen LogP contribution in [0.2, 0.25) is 0 Å². The third-order valence-corrected chi connectivity index (χ3v) is 11.0. The molecule has 10 atom stereocenters. The lowest BCUT2D eigenvalue weighted by molar-refractivity contribution is -0.219. The van der Waals surface area contributed by atoms with Crippen LogP contribution in [0.25, 0.3) is 0 Å². The Morgan fingerprint density at radius 3 is 2.36 bits per heavy atom. The first-order valence-electron chi connectivity index (χ1n) is 13.8. The van der Waals surface area contributed by atoms with Crippen LogP contribution in [0.1, 0.15) is 92.4 Å². The van der Waals surface area contributed by atoms with Crippen molar-refractivity contribution in [2.75, 3.05) is 7.11 Å². The van der Waals surface area contributed by atoms with Crippen LogP contribution in [0.15, 0.2) is 0 Å². The third-order valence-electron chi connectivity index (χ3n) is 11.0. The Bertz CT molecular complexity index is 898. The van der Waals surface area contributed by atoms with Gasteiger partial charge in [0.2, 0.25) is 0 Å². The average molecular weight is 505 g/mol. The van der Waals surface area contributed by atoms with Gasteiger partial charge in [-0.25, -0.2) is 0 Å². The molecule has 0 spiro atoms. The molecule has 0 saturated heterocycles. The van der Waals surface area contributed by atoms with E-state index in [1.165, 1.54) is 21.0 Å². The van der Waals surface area contributed by atoms with E-state index in [0.717, 1.165) is 38.5 Å². The highest BCUT2D eigenvalue weighted by Crippen LogP contribution is 2.69. The van der Waals surface area contributed by atoms with Crippen molar-refractivity contribution in [3.8, 4) is 0 Å². The Morgan fingerprint density at radius 2 is 1.72 bits per heavy atom. The van der Waals surface area contributed by atoms with Crippen molar-refractivity contribution in [2.24, 2.45) is 46.3 Å². The minimum atomic E-state index is -0.269. The van der Waals surface area contributed by atoms with Gasteiger partial charge in [-0.1, -0.05) is 20.8 Å². The predicted molar refractivity (Wildman–Crippen MR) is 133 cm³/mol. The van der Waals surface area contributed by atoms with Crippen LogP contribution in [0, 0.1) is 46.3 Å². The molecule has 0 aliphatic heterocycles. The van der Waals surface area contributed by atoms with Crippen molar-refractivity contribution in [3.05, 3.63) is 0 Å². The molecule has 4 saturated carbocycles. The number of fused-ring (bicyclic) bond motifs is 5. The Labute approximate surface area is 215 Å². The average Bonchev–Trinajstić information content (AvgIpc) is 3.16. The summed E-state index contributed by atoms with van der Waals surface area (Å²) in [7, 11) is 1.42. The fourth-order valence-corrected chi connectivity index (χ4v) is 9.25. The third kappa shape index (κ3) is 4.60. The number of Topliss-reactive ketones (excluding diaryl/α,β-unsaturated/α-hetero) is 1. The van der Waals surface area contributed by atoms with E-state index in [1.807, 2.05) is 0 Å². The Morgan fingerprint density at radius 1 is 1.03 bits per heavy atom. The largest absolute Gasteiger partial charge is 0.469 e. The molecule has 4 aliphatic carbocycles. The molecule has 0 aromatic rings. The highest BCUT2D eigenvalue weighted by atomic mass is 16.5. The van der Waals surface area contributed by atoms with Crippen LogP contribution in [-0.2, 0) is 33.4 Å². The molecular weight excluding hydrogens is 460 g/mol. The number of methoxy groups -OCH3 is 1. The van der Waals surface area contributed by atoms with Gasteiger partial charge in [-0.05, 0) is 73.5 Å². The number of esters is 3. The lowest BCUT2D eigenvalue weighted by Gasteiger charge is -2.63. The number of ketones is 1. The van der Waals surface area contributed by atoms with Crippen LogP contribution in [0.3, 0.4) is 0 Å². The van der Waals surface area contributed by atoms with E-state index < -0.39 is 0 Å². The quantitative estimate of drug-likeness (QED) is 0.375. The molecule has 0 N–H and O–H groups in total. The predicted octanol–water partition coefficient (Wildman–Crippen LogP) is 4.89. The molecule has 0 heterocycles. The number of hydrogen-bond donors (Lipinski definition) is 0.